The van der Waals surface area contributed by atoms with Crippen molar-refractivity contribution in [3.05, 3.63) is 46.0 Å². The van der Waals surface area contributed by atoms with E-state index < -0.39 is 7.32 Å². The topological polar surface area (TPSA) is 60.7 Å². The van der Waals surface area contributed by atoms with Crippen LogP contribution in [0.25, 0.3) is 20.2 Å². The Morgan fingerprint density at radius 2 is 1.52 bits per heavy atom. The molecule has 7 heteroatoms. The van der Waals surface area contributed by atoms with E-state index in [1.54, 1.807) is 5.56 Å². The molecule has 0 bridgehead atoms. The second kappa shape index (κ2) is 10.9. The van der Waals surface area contributed by atoms with Crippen molar-refractivity contribution in [1.29, 1.82) is 0 Å². The molecule has 3 heterocycles. The summed E-state index contributed by atoms with van der Waals surface area (Å²) in [5.74, 6) is 0. The molecule has 0 spiro atoms. The van der Waals surface area contributed by atoms with Crippen molar-refractivity contribution in [3.63, 3.8) is 0 Å². The van der Waals surface area contributed by atoms with Crippen molar-refractivity contribution in [2.75, 3.05) is 0 Å². The van der Waals surface area contributed by atoms with E-state index in [1.807, 2.05) is 34.0 Å². The first-order valence-electron chi connectivity index (χ1n) is 8.35. The minimum absolute atomic E-state index is 1.22. The van der Waals surface area contributed by atoms with Gasteiger partial charge in [0.2, 0.25) is 0 Å². The van der Waals surface area contributed by atoms with Crippen molar-refractivity contribution in [2.24, 2.45) is 0 Å². The normalized spacial score (nSPS) is 10.4. The Morgan fingerprint density at radius 3 is 2.08 bits per heavy atom. The molecular weight excluding hydrogens is 371 g/mol. The molecule has 3 aromatic rings. The second-order valence-corrected chi connectivity index (χ2v) is 8.35. The largest absolute Gasteiger partial charge is 0.631 e. The first-order valence-corrected chi connectivity index (χ1v) is 11.0. The minimum Gasteiger partial charge on any atom is -0.402 e. The second-order valence-electron chi connectivity index (χ2n) is 5.58. The standard InChI is InChI=1S/C18H20S3.BH3O3/c1-2-3-4-5-8-14-13-21-18(16-10-7-12-20-16)17(14)15-9-6-11-19-15;2-1(3)4/h6-7,9-13H,2-5,8H2,1H3;2-4H. The Morgan fingerprint density at radius 1 is 0.880 bits per heavy atom. The molecular formula is C18H23BO3S3. The zero-order chi connectivity index (χ0) is 18.1. The highest BCUT2D eigenvalue weighted by atomic mass is 32.1. The van der Waals surface area contributed by atoms with Crippen LogP contribution in [0.1, 0.15) is 38.2 Å². The fraction of sp³-hybridized carbons (Fsp3) is 0.333. The third-order valence-corrected chi connectivity index (χ3v) is 6.65. The van der Waals surface area contributed by atoms with E-state index in [4.69, 9.17) is 15.1 Å². The number of hydrogen-bond acceptors (Lipinski definition) is 6. The van der Waals surface area contributed by atoms with Gasteiger partial charge in [-0.3, -0.25) is 0 Å². The van der Waals surface area contributed by atoms with Gasteiger partial charge in [0.15, 0.2) is 0 Å². The highest BCUT2D eigenvalue weighted by Crippen LogP contribution is 2.43. The third kappa shape index (κ3) is 6.36. The number of rotatable bonds is 7. The Balaban J connectivity index is 0.000000511. The summed E-state index contributed by atoms with van der Waals surface area (Å²) in [6, 6.07) is 8.82. The van der Waals surface area contributed by atoms with Crippen molar-refractivity contribution in [3.8, 4) is 20.2 Å². The van der Waals surface area contributed by atoms with Gasteiger partial charge in [0, 0.05) is 15.3 Å². The molecule has 0 unspecified atom stereocenters. The summed E-state index contributed by atoms with van der Waals surface area (Å²) in [6.45, 7) is 2.27. The van der Waals surface area contributed by atoms with Crippen LogP contribution in [0.3, 0.4) is 0 Å². The van der Waals surface area contributed by atoms with Crippen LogP contribution < -0.4 is 0 Å². The van der Waals surface area contributed by atoms with Crippen LogP contribution in [-0.2, 0) is 6.42 Å². The van der Waals surface area contributed by atoms with Crippen molar-refractivity contribution < 1.29 is 15.1 Å². The zero-order valence-electron chi connectivity index (χ0n) is 14.2. The molecule has 0 fully saturated rings. The molecule has 25 heavy (non-hydrogen) atoms. The van der Waals surface area contributed by atoms with E-state index in [9.17, 15) is 0 Å². The Bertz CT molecular complexity index is 703. The highest BCUT2D eigenvalue weighted by Gasteiger charge is 2.16. The lowest BCUT2D eigenvalue weighted by atomic mass is 10.0. The predicted molar refractivity (Wildman–Crippen MR) is 111 cm³/mol. The fourth-order valence-electron chi connectivity index (χ4n) is 2.60. The van der Waals surface area contributed by atoms with E-state index >= 15 is 0 Å². The van der Waals surface area contributed by atoms with Gasteiger partial charge in [-0.05, 0) is 46.7 Å². The summed E-state index contributed by atoms with van der Waals surface area (Å²) in [4.78, 5) is 4.28. The van der Waals surface area contributed by atoms with E-state index in [0.717, 1.165) is 0 Å². The summed E-state index contributed by atoms with van der Waals surface area (Å²) in [6.07, 6.45) is 6.55. The SMILES string of the molecule is CCCCCCc1csc(-c2cccs2)c1-c1cccs1.OB(O)O. The molecule has 0 saturated carbocycles. The van der Waals surface area contributed by atoms with Gasteiger partial charge in [-0.25, -0.2) is 0 Å². The van der Waals surface area contributed by atoms with Crippen molar-refractivity contribution in [1.82, 2.24) is 0 Å². The molecule has 0 aliphatic rings. The molecule has 3 N–H and O–H groups in total. The smallest absolute Gasteiger partial charge is 0.402 e. The Hall–Kier alpha value is -0.955. The van der Waals surface area contributed by atoms with Crippen LogP contribution in [0.4, 0.5) is 0 Å². The summed E-state index contributed by atoms with van der Waals surface area (Å²) >= 11 is 5.62. The van der Waals surface area contributed by atoms with Gasteiger partial charge in [-0.2, -0.15) is 0 Å². The van der Waals surface area contributed by atoms with Crippen LogP contribution in [0.15, 0.2) is 40.4 Å². The van der Waals surface area contributed by atoms with Crippen LogP contribution in [-0.4, -0.2) is 22.4 Å². The molecule has 0 aromatic carbocycles. The summed E-state index contributed by atoms with van der Waals surface area (Å²) in [7, 11) is -2.17. The van der Waals surface area contributed by atoms with Gasteiger partial charge in [-0.15, -0.1) is 34.0 Å². The van der Waals surface area contributed by atoms with E-state index in [1.165, 1.54) is 52.3 Å². The average Bonchev–Trinajstić information content (AvgIpc) is 3.30. The lowest BCUT2D eigenvalue weighted by Crippen LogP contribution is -2.07. The van der Waals surface area contributed by atoms with Gasteiger partial charge < -0.3 is 15.1 Å². The van der Waals surface area contributed by atoms with Crippen molar-refractivity contribution >= 4 is 41.3 Å². The van der Waals surface area contributed by atoms with Gasteiger partial charge >= 0.3 is 7.32 Å². The average molecular weight is 394 g/mol. The Labute approximate surface area is 161 Å². The maximum atomic E-state index is 7.17. The number of unbranched alkanes of at least 4 members (excludes halogenated alkanes) is 3. The van der Waals surface area contributed by atoms with Crippen LogP contribution in [0.5, 0.6) is 0 Å². The van der Waals surface area contributed by atoms with Gasteiger partial charge in [-0.1, -0.05) is 38.3 Å². The van der Waals surface area contributed by atoms with E-state index in [0.29, 0.717) is 0 Å². The van der Waals surface area contributed by atoms with Crippen LogP contribution in [0, 0.1) is 0 Å². The zero-order valence-corrected chi connectivity index (χ0v) is 16.7. The number of thiophene rings is 3. The van der Waals surface area contributed by atoms with Gasteiger partial charge in [0.1, 0.15) is 0 Å². The number of hydrogen-bond donors (Lipinski definition) is 3. The monoisotopic (exact) mass is 394 g/mol. The lowest BCUT2D eigenvalue weighted by molar-refractivity contribution is 0.278. The first kappa shape index (κ1) is 20.4. The van der Waals surface area contributed by atoms with Crippen molar-refractivity contribution in [2.45, 2.75) is 39.0 Å². The first-order chi connectivity index (χ1) is 12.1. The molecule has 0 aliphatic carbocycles. The molecule has 0 aliphatic heterocycles. The summed E-state index contributed by atoms with van der Waals surface area (Å²) in [5.41, 5.74) is 3.04. The Kier molecular flexibility index (Phi) is 8.88. The fourth-order valence-corrected chi connectivity index (χ4v) is 5.47. The molecule has 3 nitrogen and oxygen atoms in total. The quantitative estimate of drug-likeness (QED) is 0.378. The molecule has 0 amide bonds. The molecule has 134 valence electrons. The molecule has 3 aromatic heterocycles. The highest BCUT2D eigenvalue weighted by molar-refractivity contribution is 7.21. The molecule has 3 rings (SSSR count). The summed E-state index contributed by atoms with van der Waals surface area (Å²) in [5, 5.41) is 28.2. The van der Waals surface area contributed by atoms with E-state index in [2.05, 4.69) is 47.3 Å². The van der Waals surface area contributed by atoms with Crippen LogP contribution >= 0.6 is 34.0 Å². The molecule has 0 radical (unpaired) electrons. The van der Waals surface area contributed by atoms with Gasteiger partial charge in [0.25, 0.3) is 0 Å². The maximum absolute atomic E-state index is 7.17. The lowest BCUT2D eigenvalue weighted by Gasteiger charge is -2.05. The summed E-state index contributed by atoms with van der Waals surface area (Å²) < 4.78 is 0. The minimum atomic E-state index is -2.17. The predicted octanol–water partition coefficient (Wildman–Crippen LogP) is 5.28. The van der Waals surface area contributed by atoms with E-state index in [-0.39, 0.29) is 0 Å². The number of aryl methyl sites for hydroxylation is 1. The van der Waals surface area contributed by atoms with Crippen LogP contribution in [0.2, 0.25) is 0 Å². The maximum Gasteiger partial charge on any atom is 0.631 e. The molecule has 0 atom stereocenters. The third-order valence-electron chi connectivity index (χ3n) is 3.68. The molecule has 0 saturated heterocycles. The van der Waals surface area contributed by atoms with Gasteiger partial charge in [0.05, 0.1) is 4.88 Å².